The van der Waals surface area contributed by atoms with Crippen molar-refractivity contribution in [2.24, 2.45) is 0 Å². The molecule has 0 fully saturated rings. The number of hydrogen-bond donors (Lipinski definition) is 6. The zero-order valence-corrected chi connectivity index (χ0v) is 11.7. The van der Waals surface area contributed by atoms with Crippen LogP contribution in [-0.2, 0) is 17.1 Å². The van der Waals surface area contributed by atoms with Crippen LogP contribution in [0.2, 0.25) is 0 Å². The molecular weight excluding hydrogens is 368 g/mol. The zero-order chi connectivity index (χ0) is 16.9. The third-order valence-electron chi connectivity index (χ3n) is 1.98. The summed E-state index contributed by atoms with van der Waals surface area (Å²) in [5.74, 6) is -2.68. The van der Waals surface area contributed by atoms with Crippen LogP contribution in [0.25, 0.3) is 0 Å². The molecular formula is C10H8CuN4O8. The number of H-pyrrole nitrogens is 4. The molecule has 0 aromatic carbocycles. The van der Waals surface area contributed by atoms with Gasteiger partial charge in [0.05, 0.1) is 0 Å². The molecule has 13 heteroatoms. The van der Waals surface area contributed by atoms with Gasteiger partial charge >= 0.3 is 23.3 Å². The van der Waals surface area contributed by atoms with Crippen LogP contribution in [0, 0.1) is 0 Å². The Labute approximate surface area is 134 Å². The van der Waals surface area contributed by atoms with Crippen molar-refractivity contribution in [1.82, 2.24) is 19.9 Å². The van der Waals surface area contributed by atoms with E-state index in [9.17, 15) is 28.8 Å². The topological polar surface area (TPSA) is 206 Å². The molecule has 127 valence electrons. The summed E-state index contributed by atoms with van der Waals surface area (Å²) in [5, 5.41) is 16.6. The number of hydrogen-bond acceptors (Lipinski definition) is 6. The van der Waals surface area contributed by atoms with Crippen molar-refractivity contribution < 1.29 is 36.9 Å². The van der Waals surface area contributed by atoms with Gasteiger partial charge in [0, 0.05) is 29.2 Å². The maximum Gasteiger partial charge on any atom is 0.352 e. The van der Waals surface area contributed by atoms with E-state index < -0.39 is 45.8 Å². The molecule has 0 aliphatic carbocycles. The van der Waals surface area contributed by atoms with E-state index in [2.05, 4.69) is 0 Å². The second-order valence-electron chi connectivity index (χ2n) is 3.61. The van der Waals surface area contributed by atoms with Crippen molar-refractivity contribution in [1.29, 1.82) is 0 Å². The van der Waals surface area contributed by atoms with Gasteiger partial charge in [-0.3, -0.25) is 19.6 Å². The van der Waals surface area contributed by atoms with E-state index in [0.717, 1.165) is 12.1 Å². The Hall–Kier alpha value is -3.18. The predicted octanol–water partition coefficient (Wildman–Crippen LogP) is -2.48. The average Bonchev–Trinajstić information content (AvgIpc) is 2.37. The number of aromatic amines is 4. The van der Waals surface area contributed by atoms with Crippen LogP contribution < -0.4 is 22.5 Å². The summed E-state index contributed by atoms with van der Waals surface area (Å²) in [4.78, 5) is 69.7. The van der Waals surface area contributed by atoms with Crippen molar-refractivity contribution in [2.75, 3.05) is 0 Å². The van der Waals surface area contributed by atoms with Crippen LogP contribution in [0.15, 0.2) is 31.3 Å². The summed E-state index contributed by atoms with van der Waals surface area (Å²) >= 11 is 0. The van der Waals surface area contributed by atoms with Gasteiger partial charge in [-0.2, -0.15) is 0 Å². The smallest absolute Gasteiger partial charge is 0.352 e. The van der Waals surface area contributed by atoms with Gasteiger partial charge in [0.1, 0.15) is 11.4 Å². The van der Waals surface area contributed by atoms with E-state index in [1.54, 1.807) is 0 Å². The number of rotatable bonds is 2. The summed E-state index contributed by atoms with van der Waals surface area (Å²) in [5.41, 5.74) is -3.94. The fourth-order valence-electron chi connectivity index (χ4n) is 1.17. The van der Waals surface area contributed by atoms with E-state index in [4.69, 9.17) is 10.2 Å². The first kappa shape index (κ1) is 19.8. The first-order valence-electron chi connectivity index (χ1n) is 5.33. The molecule has 0 aliphatic heterocycles. The summed E-state index contributed by atoms with van der Waals surface area (Å²) in [6, 6.07) is 1.59. The van der Waals surface area contributed by atoms with Gasteiger partial charge in [-0.25, -0.2) is 19.2 Å². The summed E-state index contributed by atoms with van der Waals surface area (Å²) < 4.78 is 0. The van der Waals surface area contributed by atoms with Crippen LogP contribution in [0.4, 0.5) is 0 Å². The van der Waals surface area contributed by atoms with E-state index >= 15 is 0 Å². The maximum atomic E-state index is 10.5. The Kier molecular flexibility index (Phi) is 7.16. The summed E-state index contributed by atoms with van der Waals surface area (Å²) in [6.45, 7) is 0. The third-order valence-corrected chi connectivity index (χ3v) is 1.98. The minimum absolute atomic E-state index is 0. The van der Waals surface area contributed by atoms with Crippen molar-refractivity contribution in [3.05, 3.63) is 65.2 Å². The van der Waals surface area contributed by atoms with Crippen LogP contribution in [0.1, 0.15) is 21.0 Å². The van der Waals surface area contributed by atoms with Crippen molar-refractivity contribution in [3.8, 4) is 0 Å². The van der Waals surface area contributed by atoms with Crippen LogP contribution in [0.3, 0.4) is 0 Å². The quantitative estimate of drug-likeness (QED) is 0.309. The molecule has 1 radical (unpaired) electrons. The monoisotopic (exact) mass is 375 g/mol. The van der Waals surface area contributed by atoms with Crippen molar-refractivity contribution >= 4 is 11.9 Å². The van der Waals surface area contributed by atoms with Crippen LogP contribution >= 0.6 is 0 Å². The Morgan fingerprint density at radius 2 is 1.00 bits per heavy atom. The SMILES string of the molecule is O=C(O)c1cc(=O)[nH]c(=O)[nH]1.O=C(O)c1cc(=O)[nH]c(=O)[nH]1.[Cu]. The number of carboxylic acid groups (broad SMARTS) is 2. The van der Waals surface area contributed by atoms with Crippen LogP contribution in [-0.4, -0.2) is 42.1 Å². The first-order valence-corrected chi connectivity index (χ1v) is 5.33. The predicted molar refractivity (Wildman–Crippen MR) is 69.3 cm³/mol. The molecule has 2 aromatic rings. The normalized spacial score (nSPS) is 9.04. The maximum absolute atomic E-state index is 10.5. The Bertz CT molecular complexity index is 803. The fourth-order valence-corrected chi connectivity index (χ4v) is 1.17. The molecule has 23 heavy (non-hydrogen) atoms. The minimum Gasteiger partial charge on any atom is -0.477 e. The minimum atomic E-state index is -1.34. The molecule has 0 amide bonds. The van der Waals surface area contributed by atoms with Gasteiger partial charge in [0.2, 0.25) is 0 Å². The molecule has 0 unspecified atom stereocenters. The molecule has 2 heterocycles. The molecule has 2 rings (SSSR count). The molecule has 0 bridgehead atoms. The van der Waals surface area contributed by atoms with Gasteiger partial charge in [-0.1, -0.05) is 0 Å². The van der Waals surface area contributed by atoms with E-state index in [1.165, 1.54) is 0 Å². The van der Waals surface area contributed by atoms with Crippen molar-refractivity contribution in [2.45, 2.75) is 0 Å². The molecule has 6 N–H and O–H groups in total. The average molecular weight is 376 g/mol. The number of aromatic nitrogens is 4. The second-order valence-corrected chi connectivity index (χ2v) is 3.61. The molecule has 0 saturated heterocycles. The number of carbonyl (C=O) groups is 2. The van der Waals surface area contributed by atoms with Gasteiger partial charge in [0.15, 0.2) is 0 Å². The molecule has 2 aromatic heterocycles. The van der Waals surface area contributed by atoms with E-state index in [1.807, 2.05) is 19.9 Å². The van der Waals surface area contributed by atoms with E-state index in [0.29, 0.717) is 0 Å². The fraction of sp³-hybridized carbons (Fsp3) is 0. The van der Waals surface area contributed by atoms with Gasteiger partial charge in [-0.05, 0) is 0 Å². The van der Waals surface area contributed by atoms with Gasteiger partial charge < -0.3 is 20.2 Å². The zero-order valence-electron chi connectivity index (χ0n) is 10.8. The molecule has 0 atom stereocenters. The van der Waals surface area contributed by atoms with E-state index in [-0.39, 0.29) is 17.1 Å². The standard InChI is InChI=1S/2C5H4N2O4.Cu/c2*8-3-1-2(4(9)10)6-5(11)7-3;/h2*1H,(H,9,10)(H2,6,7,8,11);. The number of carboxylic acids is 2. The second kappa shape index (κ2) is 8.31. The third kappa shape index (κ3) is 6.41. The molecule has 0 spiro atoms. The molecule has 0 aliphatic rings. The summed E-state index contributed by atoms with van der Waals surface area (Å²) in [7, 11) is 0. The number of nitrogens with one attached hydrogen (secondary N) is 4. The van der Waals surface area contributed by atoms with Crippen LogP contribution in [0.5, 0.6) is 0 Å². The summed E-state index contributed by atoms with van der Waals surface area (Å²) in [6.07, 6.45) is 0. The van der Waals surface area contributed by atoms with Gasteiger partial charge in [-0.15, -0.1) is 0 Å². The van der Waals surface area contributed by atoms with Crippen molar-refractivity contribution in [3.63, 3.8) is 0 Å². The first-order chi connectivity index (χ1) is 10.2. The largest absolute Gasteiger partial charge is 0.477 e. The Morgan fingerprint density at radius 3 is 1.22 bits per heavy atom. The van der Waals surface area contributed by atoms with Gasteiger partial charge in [0.25, 0.3) is 11.1 Å². The Morgan fingerprint density at radius 1 is 0.696 bits per heavy atom. The number of aromatic carboxylic acids is 2. The molecule has 0 saturated carbocycles. The molecule has 12 nitrogen and oxygen atoms in total. The Balaban J connectivity index is 0.000000403.